The van der Waals surface area contributed by atoms with Gasteiger partial charge in [-0.25, -0.2) is 9.97 Å². The van der Waals surface area contributed by atoms with Crippen LogP contribution in [0.25, 0.3) is 104 Å². The topological polar surface area (TPSA) is 30.7 Å². The lowest BCUT2D eigenvalue weighted by molar-refractivity contribution is 1.08. The van der Waals surface area contributed by atoms with Crippen molar-refractivity contribution >= 4 is 75.9 Å². The van der Waals surface area contributed by atoms with E-state index in [1.165, 1.54) is 65.0 Å². The zero-order chi connectivity index (χ0) is 33.5. The van der Waals surface area contributed by atoms with Gasteiger partial charge >= 0.3 is 0 Å². The van der Waals surface area contributed by atoms with Gasteiger partial charge in [0.05, 0.1) is 22.1 Å². The van der Waals surface area contributed by atoms with Gasteiger partial charge in [-0.15, -0.1) is 0 Å². The standard InChI is InChI=1S/C48H29N3/c1-2-12-30(13-3-1)33-23-25-45-41(27-33)42-26-31-14-4-5-15-32(31)29-46(42)51(45)48-47(49-43-20-10-11-21-44(43)50-48)34-22-24-39-37-18-7-6-16-35(37)36-17-8-9-19-38(36)40(39)28-34/h1-29H. The molecule has 11 aromatic rings. The van der Waals surface area contributed by atoms with E-state index in [1.54, 1.807) is 0 Å². The van der Waals surface area contributed by atoms with Crippen molar-refractivity contribution in [3.63, 3.8) is 0 Å². The van der Waals surface area contributed by atoms with Crippen LogP contribution in [0.5, 0.6) is 0 Å². The summed E-state index contributed by atoms with van der Waals surface area (Å²) in [6.07, 6.45) is 0. The Kier molecular flexibility index (Phi) is 5.96. The molecule has 0 radical (unpaired) electrons. The second-order valence-electron chi connectivity index (χ2n) is 13.4. The molecule has 0 fully saturated rings. The summed E-state index contributed by atoms with van der Waals surface area (Å²) >= 11 is 0. The van der Waals surface area contributed by atoms with Crippen molar-refractivity contribution in [2.45, 2.75) is 0 Å². The molecular formula is C48H29N3. The summed E-state index contributed by atoms with van der Waals surface area (Å²) in [4.78, 5) is 10.9. The van der Waals surface area contributed by atoms with Crippen LogP contribution < -0.4 is 0 Å². The molecule has 0 spiro atoms. The van der Waals surface area contributed by atoms with E-state index in [9.17, 15) is 0 Å². The van der Waals surface area contributed by atoms with Gasteiger partial charge in [-0.1, -0.05) is 133 Å². The van der Waals surface area contributed by atoms with Crippen molar-refractivity contribution in [2.75, 3.05) is 0 Å². The third kappa shape index (κ3) is 4.25. The van der Waals surface area contributed by atoms with Crippen molar-refractivity contribution in [1.29, 1.82) is 0 Å². The molecule has 0 unspecified atom stereocenters. The molecule has 0 aliphatic carbocycles. The third-order valence-electron chi connectivity index (χ3n) is 10.5. The van der Waals surface area contributed by atoms with E-state index < -0.39 is 0 Å². The molecule has 0 aliphatic heterocycles. The maximum absolute atomic E-state index is 5.45. The Balaban J connectivity index is 1.26. The largest absolute Gasteiger partial charge is 0.292 e. The van der Waals surface area contributed by atoms with Crippen LogP contribution in [0.3, 0.4) is 0 Å². The Labute approximate surface area is 293 Å². The molecule has 0 N–H and O–H groups in total. The Morgan fingerprint density at radius 3 is 1.57 bits per heavy atom. The van der Waals surface area contributed by atoms with Gasteiger partial charge < -0.3 is 0 Å². The Morgan fingerprint density at radius 1 is 0.314 bits per heavy atom. The summed E-state index contributed by atoms with van der Waals surface area (Å²) < 4.78 is 2.34. The Bertz CT molecular complexity index is 3160. The Hall–Kier alpha value is -6.84. The van der Waals surface area contributed by atoms with Crippen molar-refractivity contribution in [1.82, 2.24) is 14.5 Å². The van der Waals surface area contributed by atoms with Crippen LogP contribution in [0.2, 0.25) is 0 Å². The van der Waals surface area contributed by atoms with E-state index in [2.05, 4.69) is 168 Å². The maximum atomic E-state index is 5.45. The molecule has 9 aromatic carbocycles. The van der Waals surface area contributed by atoms with Crippen LogP contribution in [-0.4, -0.2) is 14.5 Å². The zero-order valence-electron chi connectivity index (χ0n) is 27.6. The van der Waals surface area contributed by atoms with Crippen LogP contribution in [0.1, 0.15) is 0 Å². The first-order chi connectivity index (χ1) is 25.3. The van der Waals surface area contributed by atoms with Gasteiger partial charge in [-0.2, -0.15) is 0 Å². The minimum Gasteiger partial charge on any atom is -0.292 e. The summed E-state index contributed by atoms with van der Waals surface area (Å²) in [6.45, 7) is 0. The smallest absolute Gasteiger partial charge is 0.165 e. The van der Waals surface area contributed by atoms with E-state index in [-0.39, 0.29) is 0 Å². The molecule has 3 heteroatoms. The molecule has 0 amide bonds. The van der Waals surface area contributed by atoms with Crippen LogP contribution >= 0.6 is 0 Å². The van der Waals surface area contributed by atoms with E-state index in [0.717, 1.165) is 39.1 Å². The highest BCUT2D eigenvalue weighted by molar-refractivity contribution is 6.26. The number of aromatic nitrogens is 3. The highest BCUT2D eigenvalue weighted by Gasteiger charge is 2.21. The van der Waals surface area contributed by atoms with E-state index in [0.29, 0.717) is 0 Å². The van der Waals surface area contributed by atoms with Crippen LogP contribution in [-0.2, 0) is 0 Å². The summed E-state index contributed by atoms with van der Waals surface area (Å²) in [6, 6.07) is 63.2. The molecule has 2 heterocycles. The molecule has 0 aliphatic rings. The van der Waals surface area contributed by atoms with Gasteiger partial charge in [0.1, 0.15) is 5.69 Å². The molecular weight excluding hydrogens is 619 g/mol. The van der Waals surface area contributed by atoms with Gasteiger partial charge in [0.25, 0.3) is 0 Å². The number of benzene rings is 9. The lowest BCUT2D eigenvalue weighted by Crippen LogP contribution is -2.03. The first-order valence-electron chi connectivity index (χ1n) is 17.4. The predicted molar refractivity (Wildman–Crippen MR) is 215 cm³/mol. The van der Waals surface area contributed by atoms with Crippen molar-refractivity contribution in [2.24, 2.45) is 0 Å². The van der Waals surface area contributed by atoms with Crippen LogP contribution in [0.4, 0.5) is 0 Å². The number of hydrogen-bond donors (Lipinski definition) is 0. The lowest BCUT2D eigenvalue weighted by Gasteiger charge is -2.16. The molecule has 3 nitrogen and oxygen atoms in total. The summed E-state index contributed by atoms with van der Waals surface area (Å²) in [7, 11) is 0. The van der Waals surface area contributed by atoms with E-state index >= 15 is 0 Å². The Morgan fingerprint density at radius 2 is 0.843 bits per heavy atom. The highest BCUT2D eigenvalue weighted by Crippen LogP contribution is 2.41. The molecule has 2 aromatic heterocycles. The molecule has 0 saturated heterocycles. The maximum Gasteiger partial charge on any atom is 0.165 e. The molecule has 236 valence electrons. The highest BCUT2D eigenvalue weighted by atomic mass is 15.1. The van der Waals surface area contributed by atoms with Gasteiger partial charge in [0.15, 0.2) is 5.82 Å². The van der Waals surface area contributed by atoms with E-state index in [4.69, 9.17) is 9.97 Å². The summed E-state index contributed by atoms with van der Waals surface area (Å²) in [5.74, 6) is 0.820. The molecule has 0 atom stereocenters. The first-order valence-corrected chi connectivity index (χ1v) is 17.4. The van der Waals surface area contributed by atoms with E-state index in [1.807, 2.05) is 12.1 Å². The summed E-state index contributed by atoms with van der Waals surface area (Å²) in [5.41, 5.74) is 8.22. The predicted octanol–water partition coefficient (Wildman–Crippen LogP) is 12.7. The van der Waals surface area contributed by atoms with Crippen molar-refractivity contribution in [3.8, 4) is 28.2 Å². The zero-order valence-corrected chi connectivity index (χ0v) is 27.6. The number of nitrogens with zero attached hydrogens (tertiary/aromatic N) is 3. The molecule has 51 heavy (non-hydrogen) atoms. The number of hydrogen-bond acceptors (Lipinski definition) is 2. The minimum atomic E-state index is 0.820. The lowest BCUT2D eigenvalue weighted by atomic mass is 9.93. The summed E-state index contributed by atoms with van der Waals surface area (Å²) in [5, 5.41) is 12.3. The van der Waals surface area contributed by atoms with Crippen molar-refractivity contribution < 1.29 is 0 Å². The fourth-order valence-corrected chi connectivity index (χ4v) is 8.14. The minimum absolute atomic E-state index is 0.820. The van der Waals surface area contributed by atoms with Gasteiger partial charge in [-0.05, 0) is 96.7 Å². The fourth-order valence-electron chi connectivity index (χ4n) is 8.14. The second-order valence-corrected chi connectivity index (χ2v) is 13.4. The average Bonchev–Trinajstić information content (AvgIpc) is 3.52. The first kappa shape index (κ1) is 28.0. The molecule has 0 bridgehead atoms. The monoisotopic (exact) mass is 647 g/mol. The van der Waals surface area contributed by atoms with Crippen LogP contribution in [0.15, 0.2) is 176 Å². The fraction of sp³-hybridized carbons (Fsp3) is 0. The van der Waals surface area contributed by atoms with Crippen LogP contribution in [0, 0.1) is 0 Å². The average molecular weight is 648 g/mol. The molecule has 11 rings (SSSR count). The SMILES string of the molecule is c1ccc(-c2ccc3c(c2)c2cc4ccccc4cc2n3-c2nc3ccccc3nc2-c2ccc3c4ccccc4c4ccccc4c3c2)cc1. The van der Waals surface area contributed by atoms with Gasteiger partial charge in [-0.3, -0.25) is 4.57 Å². The normalized spacial score (nSPS) is 11.9. The van der Waals surface area contributed by atoms with Gasteiger partial charge in [0.2, 0.25) is 0 Å². The third-order valence-corrected chi connectivity index (χ3v) is 10.5. The second kappa shape index (κ2) is 10.8. The quantitative estimate of drug-likeness (QED) is 0.179. The number of rotatable bonds is 3. The number of fused-ring (bicyclic) bond motifs is 11. The number of para-hydroxylation sites is 2. The molecule has 0 saturated carbocycles. The van der Waals surface area contributed by atoms with Crippen molar-refractivity contribution in [3.05, 3.63) is 176 Å². The van der Waals surface area contributed by atoms with Gasteiger partial charge in [0, 0.05) is 16.3 Å².